The fourth-order valence-corrected chi connectivity index (χ4v) is 1.19. The Kier molecular flexibility index (Phi) is 4.61. The standard InChI is InChI=1S/C7H4F9O3/c8-5(9,10)4(6(11,12)13,7(14,15)16)1-2-19-3(17)18/h1-2H2. The molecule has 12 heteroatoms. The molecule has 0 spiro atoms. The summed E-state index contributed by atoms with van der Waals surface area (Å²) < 4.78 is 113. The molecule has 0 unspecified atom stereocenters. The molecule has 19 heavy (non-hydrogen) atoms. The monoisotopic (exact) mass is 307 g/mol. The van der Waals surface area contributed by atoms with Crippen molar-refractivity contribution in [3.63, 3.8) is 0 Å². The maximum atomic E-state index is 12.2. The SMILES string of the molecule is [O]C(=O)OCCC(C(F)(F)F)(C(F)(F)F)C(F)(F)F. The Morgan fingerprint density at radius 3 is 1.32 bits per heavy atom. The lowest BCUT2D eigenvalue weighted by atomic mass is 9.82. The molecular formula is C7H4F9O3. The number of halogens is 9. The summed E-state index contributed by atoms with van der Waals surface area (Å²) in [7, 11) is 0. The molecule has 0 aliphatic rings. The van der Waals surface area contributed by atoms with Gasteiger partial charge in [-0.05, 0) is 0 Å². The van der Waals surface area contributed by atoms with Gasteiger partial charge in [-0.25, -0.2) is 0 Å². The van der Waals surface area contributed by atoms with Gasteiger partial charge in [0, 0.05) is 6.42 Å². The zero-order valence-corrected chi connectivity index (χ0v) is 8.54. The summed E-state index contributed by atoms with van der Waals surface area (Å²) in [5.41, 5.74) is -6.07. The molecule has 0 amide bonds. The van der Waals surface area contributed by atoms with Gasteiger partial charge < -0.3 is 4.74 Å². The molecule has 0 aromatic heterocycles. The summed E-state index contributed by atoms with van der Waals surface area (Å²) in [6.45, 7) is -1.97. The van der Waals surface area contributed by atoms with Gasteiger partial charge in [-0.2, -0.15) is 49.4 Å². The maximum absolute atomic E-state index is 12.2. The second-order valence-corrected chi connectivity index (χ2v) is 3.25. The van der Waals surface area contributed by atoms with Crippen LogP contribution in [-0.2, 0) is 9.84 Å². The predicted octanol–water partition coefficient (Wildman–Crippen LogP) is 3.62. The summed E-state index contributed by atoms with van der Waals surface area (Å²) in [6, 6.07) is 0. The molecule has 0 bridgehead atoms. The van der Waals surface area contributed by atoms with Crippen LogP contribution in [0.15, 0.2) is 0 Å². The first-order chi connectivity index (χ1) is 8.17. The van der Waals surface area contributed by atoms with Crippen molar-refractivity contribution in [1.29, 1.82) is 0 Å². The van der Waals surface area contributed by atoms with Gasteiger partial charge >= 0.3 is 24.7 Å². The highest BCUT2D eigenvalue weighted by molar-refractivity contribution is 5.56. The number of hydrogen-bond acceptors (Lipinski definition) is 2. The van der Waals surface area contributed by atoms with Crippen LogP contribution in [0.1, 0.15) is 6.42 Å². The summed E-state index contributed by atoms with van der Waals surface area (Å²) in [5.74, 6) is 0. The summed E-state index contributed by atoms with van der Waals surface area (Å²) in [5, 5.41) is 9.66. The number of alkyl halides is 9. The van der Waals surface area contributed by atoms with Crippen LogP contribution in [0.3, 0.4) is 0 Å². The predicted molar refractivity (Wildman–Crippen MR) is 37.2 cm³/mol. The van der Waals surface area contributed by atoms with Crippen LogP contribution >= 0.6 is 0 Å². The smallest absolute Gasteiger partial charge is 0.432 e. The van der Waals surface area contributed by atoms with Crippen molar-refractivity contribution in [2.75, 3.05) is 6.61 Å². The number of hydrogen-bond donors (Lipinski definition) is 0. The van der Waals surface area contributed by atoms with Gasteiger partial charge in [0.2, 0.25) is 0 Å². The van der Waals surface area contributed by atoms with E-state index >= 15 is 0 Å². The molecule has 3 nitrogen and oxygen atoms in total. The quantitative estimate of drug-likeness (QED) is 0.590. The first-order valence-electron chi connectivity index (χ1n) is 4.21. The summed E-state index contributed by atoms with van der Waals surface area (Å²) >= 11 is 0. The molecule has 0 aromatic carbocycles. The van der Waals surface area contributed by atoms with Crippen LogP contribution in [-0.4, -0.2) is 31.3 Å². The van der Waals surface area contributed by atoms with E-state index in [-0.39, 0.29) is 0 Å². The third kappa shape index (κ3) is 3.35. The van der Waals surface area contributed by atoms with Crippen LogP contribution in [0.5, 0.6) is 0 Å². The minimum atomic E-state index is -6.72. The van der Waals surface area contributed by atoms with Crippen LogP contribution in [0.4, 0.5) is 44.3 Å². The Hall–Kier alpha value is -1.36. The minimum Gasteiger partial charge on any atom is -0.432 e. The third-order valence-corrected chi connectivity index (χ3v) is 2.15. The van der Waals surface area contributed by atoms with E-state index in [4.69, 9.17) is 0 Å². The first-order valence-corrected chi connectivity index (χ1v) is 4.21. The first kappa shape index (κ1) is 17.6. The van der Waals surface area contributed by atoms with Crippen LogP contribution < -0.4 is 0 Å². The Morgan fingerprint density at radius 1 is 0.789 bits per heavy atom. The van der Waals surface area contributed by atoms with Crippen LogP contribution in [0, 0.1) is 5.41 Å². The zero-order chi connectivity index (χ0) is 15.7. The topological polar surface area (TPSA) is 46.2 Å². The van der Waals surface area contributed by atoms with E-state index in [0.29, 0.717) is 0 Å². The molecular weight excluding hydrogens is 303 g/mol. The molecule has 0 fully saturated rings. The third-order valence-electron chi connectivity index (χ3n) is 2.15. The Morgan fingerprint density at radius 2 is 1.11 bits per heavy atom. The van der Waals surface area contributed by atoms with E-state index in [1.165, 1.54) is 0 Å². The number of carbonyl (C=O) groups is 1. The lowest BCUT2D eigenvalue weighted by Crippen LogP contribution is -2.60. The average molecular weight is 307 g/mol. The summed E-state index contributed by atoms with van der Waals surface area (Å²) in [4.78, 5) is 9.66. The molecule has 1 radical (unpaired) electrons. The molecule has 0 aromatic rings. The Labute approximate surface area is 98.5 Å². The van der Waals surface area contributed by atoms with Gasteiger partial charge in [0.15, 0.2) is 0 Å². The van der Waals surface area contributed by atoms with Gasteiger partial charge in [0.05, 0.1) is 6.61 Å². The lowest BCUT2D eigenvalue weighted by Gasteiger charge is -2.38. The molecule has 0 saturated carbocycles. The van der Waals surface area contributed by atoms with E-state index in [1.54, 1.807) is 0 Å². The van der Waals surface area contributed by atoms with Crippen LogP contribution in [0.2, 0.25) is 0 Å². The minimum absolute atomic E-state index is 1.97. The molecule has 0 heterocycles. The van der Waals surface area contributed by atoms with Gasteiger partial charge in [0.1, 0.15) is 0 Å². The molecule has 0 aliphatic carbocycles. The Bertz CT molecular complexity index is 290. The highest BCUT2D eigenvalue weighted by atomic mass is 19.4. The molecule has 0 N–H and O–H groups in total. The van der Waals surface area contributed by atoms with Crippen molar-refractivity contribution in [3.8, 4) is 0 Å². The fraction of sp³-hybridized carbons (Fsp3) is 0.857. The van der Waals surface area contributed by atoms with Gasteiger partial charge in [-0.15, -0.1) is 0 Å². The average Bonchev–Trinajstić information content (AvgIpc) is 2.04. The van der Waals surface area contributed by atoms with Crippen molar-refractivity contribution in [2.45, 2.75) is 24.9 Å². The molecule has 113 valence electrons. The number of rotatable bonds is 3. The van der Waals surface area contributed by atoms with Crippen molar-refractivity contribution >= 4 is 6.16 Å². The lowest BCUT2D eigenvalue weighted by molar-refractivity contribution is -0.429. The highest BCUT2D eigenvalue weighted by Crippen LogP contribution is 2.61. The van der Waals surface area contributed by atoms with Gasteiger partial charge in [0.25, 0.3) is 5.41 Å². The molecule has 0 rings (SSSR count). The van der Waals surface area contributed by atoms with Gasteiger partial charge in [-0.1, -0.05) is 0 Å². The van der Waals surface area contributed by atoms with Crippen molar-refractivity contribution in [3.05, 3.63) is 0 Å². The van der Waals surface area contributed by atoms with E-state index in [9.17, 15) is 49.4 Å². The van der Waals surface area contributed by atoms with Crippen molar-refractivity contribution < 1.29 is 54.2 Å². The molecule has 0 atom stereocenters. The largest absolute Gasteiger partial charge is 0.549 e. The summed E-state index contributed by atoms with van der Waals surface area (Å²) in [6.07, 6.45) is -25.4. The van der Waals surface area contributed by atoms with E-state index in [0.717, 1.165) is 0 Å². The zero-order valence-electron chi connectivity index (χ0n) is 8.54. The van der Waals surface area contributed by atoms with Crippen molar-refractivity contribution in [1.82, 2.24) is 0 Å². The fourth-order valence-electron chi connectivity index (χ4n) is 1.19. The van der Waals surface area contributed by atoms with Gasteiger partial charge in [-0.3, -0.25) is 0 Å². The second-order valence-electron chi connectivity index (χ2n) is 3.25. The van der Waals surface area contributed by atoms with E-state index < -0.39 is 43.1 Å². The number of carbonyl (C=O) groups excluding carboxylic acids is 1. The highest BCUT2D eigenvalue weighted by Gasteiger charge is 2.83. The molecule has 0 aliphatic heterocycles. The Balaban J connectivity index is 5.62. The normalized spacial score (nSPS) is 14.4. The molecule has 0 saturated heterocycles. The number of ether oxygens (including phenoxy) is 1. The maximum Gasteiger partial charge on any atom is 0.549 e. The van der Waals surface area contributed by atoms with E-state index in [1.807, 2.05) is 0 Å². The van der Waals surface area contributed by atoms with Crippen LogP contribution in [0.25, 0.3) is 0 Å². The van der Waals surface area contributed by atoms with E-state index in [2.05, 4.69) is 4.74 Å². The second kappa shape index (κ2) is 4.96. The van der Waals surface area contributed by atoms with Crippen molar-refractivity contribution in [2.24, 2.45) is 5.41 Å².